The number of nitrogens with one attached hydrogen (secondary N) is 1. The molecule has 2 aromatic rings. The number of hydrogen-bond donors (Lipinski definition) is 1. The number of methoxy groups -OCH3 is 1. The van der Waals surface area contributed by atoms with Crippen molar-refractivity contribution in [3.63, 3.8) is 0 Å². The standard InChI is InChI=1S/C22H28N4O3/c1-25(2)21(27)19-15-17(12-13-23-19)24-22(28)26-14-6-4-5-7-20(26)16-8-10-18(29-3)11-9-16/h8-13,15,20H,4-7,14H2,1-3H3,(H,23,24,28). The van der Waals surface area contributed by atoms with Crippen LogP contribution in [0.3, 0.4) is 0 Å². The highest BCUT2D eigenvalue weighted by Gasteiger charge is 2.27. The van der Waals surface area contributed by atoms with Crippen LogP contribution in [0.5, 0.6) is 5.75 Å². The second-order valence-electron chi connectivity index (χ2n) is 7.39. The summed E-state index contributed by atoms with van der Waals surface area (Å²) >= 11 is 0. The van der Waals surface area contributed by atoms with Gasteiger partial charge in [0, 0.05) is 32.5 Å². The molecule has 0 saturated carbocycles. The first-order valence-electron chi connectivity index (χ1n) is 9.89. The van der Waals surface area contributed by atoms with Crippen LogP contribution in [0.15, 0.2) is 42.6 Å². The van der Waals surface area contributed by atoms with Crippen LogP contribution in [0, 0.1) is 0 Å². The maximum absolute atomic E-state index is 13.1. The molecule has 1 N–H and O–H groups in total. The molecule has 1 unspecified atom stereocenters. The van der Waals surface area contributed by atoms with Crippen LogP contribution in [-0.2, 0) is 0 Å². The third kappa shape index (κ3) is 5.04. The number of pyridine rings is 1. The number of carbonyl (C=O) groups excluding carboxylic acids is 2. The Balaban J connectivity index is 1.79. The Labute approximate surface area is 171 Å². The maximum atomic E-state index is 13.1. The number of benzene rings is 1. The van der Waals surface area contributed by atoms with Crippen molar-refractivity contribution in [2.45, 2.75) is 31.7 Å². The average Bonchev–Trinajstić information content (AvgIpc) is 2.99. The monoisotopic (exact) mass is 396 g/mol. The summed E-state index contributed by atoms with van der Waals surface area (Å²) in [4.78, 5) is 32.7. The van der Waals surface area contributed by atoms with E-state index in [9.17, 15) is 9.59 Å². The highest BCUT2D eigenvalue weighted by molar-refractivity contribution is 5.95. The fourth-order valence-electron chi connectivity index (χ4n) is 3.57. The Hall–Kier alpha value is -3.09. The number of likely N-dealkylation sites (tertiary alicyclic amines) is 1. The van der Waals surface area contributed by atoms with Gasteiger partial charge in [0.25, 0.3) is 5.91 Å². The van der Waals surface area contributed by atoms with Crippen molar-refractivity contribution in [2.75, 3.05) is 33.1 Å². The van der Waals surface area contributed by atoms with Gasteiger partial charge in [0.05, 0.1) is 13.2 Å². The second kappa shape index (κ2) is 9.41. The zero-order valence-corrected chi connectivity index (χ0v) is 17.2. The van der Waals surface area contributed by atoms with Crippen LogP contribution in [0.4, 0.5) is 10.5 Å². The average molecular weight is 396 g/mol. The fourth-order valence-corrected chi connectivity index (χ4v) is 3.57. The van der Waals surface area contributed by atoms with E-state index < -0.39 is 0 Å². The number of aromatic nitrogens is 1. The molecule has 1 aromatic heterocycles. The van der Waals surface area contributed by atoms with Crippen molar-refractivity contribution < 1.29 is 14.3 Å². The molecule has 0 radical (unpaired) electrons. The highest BCUT2D eigenvalue weighted by atomic mass is 16.5. The molecule has 0 bridgehead atoms. The first-order chi connectivity index (χ1) is 14.0. The summed E-state index contributed by atoms with van der Waals surface area (Å²) in [5.41, 5.74) is 1.96. The topological polar surface area (TPSA) is 74.8 Å². The minimum absolute atomic E-state index is 0.00752. The van der Waals surface area contributed by atoms with Crippen LogP contribution in [0.25, 0.3) is 0 Å². The number of anilines is 1. The van der Waals surface area contributed by atoms with Crippen LogP contribution < -0.4 is 10.1 Å². The number of amides is 3. The maximum Gasteiger partial charge on any atom is 0.322 e. The summed E-state index contributed by atoms with van der Waals surface area (Å²) in [7, 11) is 4.99. The lowest BCUT2D eigenvalue weighted by molar-refractivity contribution is 0.0822. The number of rotatable bonds is 4. The molecule has 1 aliphatic rings. The molecule has 3 amide bonds. The number of hydrogen-bond acceptors (Lipinski definition) is 4. The Bertz CT molecular complexity index is 851. The molecule has 0 aliphatic carbocycles. The zero-order chi connectivity index (χ0) is 20.8. The third-order valence-corrected chi connectivity index (χ3v) is 5.15. The van der Waals surface area contributed by atoms with E-state index in [2.05, 4.69) is 10.3 Å². The SMILES string of the molecule is COc1ccc(C2CCCCCN2C(=O)Nc2ccnc(C(=O)N(C)C)c2)cc1. The van der Waals surface area contributed by atoms with E-state index in [-0.39, 0.29) is 18.0 Å². The summed E-state index contributed by atoms with van der Waals surface area (Å²) in [6.45, 7) is 0.692. The molecule has 0 spiro atoms. The van der Waals surface area contributed by atoms with Crippen molar-refractivity contribution in [3.05, 3.63) is 53.9 Å². The Kier molecular flexibility index (Phi) is 6.69. The van der Waals surface area contributed by atoms with Crippen LogP contribution in [0.2, 0.25) is 0 Å². The molecule has 7 heteroatoms. The number of ether oxygens (including phenoxy) is 1. The molecule has 154 valence electrons. The lowest BCUT2D eigenvalue weighted by Crippen LogP contribution is -2.38. The van der Waals surface area contributed by atoms with Gasteiger partial charge in [-0.15, -0.1) is 0 Å². The summed E-state index contributed by atoms with van der Waals surface area (Å²) in [5.74, 6) is 0.597. The van der Waals surface area contributed by atoms with Crippen LogP contribution >= 0.6 is 0 Å². The van der Waals surface area contributed by atoms with E-state index in [0.29, 0.717) is 17.9 Å². The third-order valence-electron chi connectivity index (χ3n) is 5.15. The first-order valence-corrected chi connectivity index (χ1v) is 9.89. The van der Waals surface area contributed by atoms with E-state index in [1.165, 1.54) is 11.1 Å². The van der Waals surface area contributed by atoms with E-state index in [1.54, 1.807) is 33.3 Å². The zero-order valence-electron chi connectivity index (χ0n) is 17.2. The molecule has 1 fully saturated rings. The number of urea groups is 1. The van der Waals surface area contributed by atoms with E-state index >= 15 is 0 Å². The van der Waals surface area contributed by atoms with E-state index in [4.69, 9.17) is 4.74 Å². The minimum atomic E-state index is -0.202. The molecular formula is C22H28N4O3. The fraction of sp³-hybridized carbons (Fsp3) is 0.409. The van der Waals surface area contributed by atoms with Gasteiger partial charge >= 0.3 is 6.03 Å². The smallest absolute Gasteiger partial charge is 0.322 e. The van der Waals surface area contributed by atoms with Gasteiger partial charge in [-0.1, -0.05) is 25.0 Å². The van der Waals surface area contributed by atoms with Gasteiger partial charge < -0.3 is 19.9 Å². The molecule has 7 nitrogen and oxygen atoms in total. The molecule has 3 rings (SSSR count). The van der Waals surface area contributed by atoms with Gasteiger partial charge in [0.2, 0.25) is 0 Å². The van der Waals surface area contributed by atoms with E-state index in [1.807, 2.05) is 29.2 Å². The van der Waals surface area contributed by atoms with Crippen molar-refractivity contribution >= 4 is 17.6 Å². The first kappa shape index (κ1) is 20.6. The Morgan fingerprint density at radius 1 is 1.14 bits per heavy atom. The van der Waals surface area contributed by atoms with Crippen molar-refractivity contribution in [3.8, 4) is 5.75 Å². The predicted octanol–water partition coefficient (Wildman–Crippen LogP) is 3.94. The molecule has 2 heterocycles. The van der Waals surface area contributed by atoms with Crippen LogP contribution in [-0.4, -0.2) is 54.5 Å². The molecule has 1 atom stereocenters. The van der Waals surface area contributed by atoms with Gasteiger partial charge in [-0.25, -0.2) is 4.79 Å². The minimum Gasteiger partial charge on any atom is -0.497 e. The summed E-state index contributed by atoms with van der Waals surface area (Å²) in [6.07, 6.45) is 5.61. The molecular weight excluding hydrogens is 368 g/mol. The lowest BCUT2D eigenvalue weighted by Gasteiger charge is -2.30. The molecule has 1 saturated heterocycles. The largest absolute Gasteiger partial charge is 0.497 e. The molecule has 29 heavy (non-hydrogen) atoms. The second-order valence-corrected chi connectivity index (χ2v) is 7.39. The van der Waals surface area contributed by atoms with Gasteiger partial charge in [0.1, 0.15) is 11.4 Å². The molecule has 1 aromatic carbocycles. The molecule has 1 aliphatic heterocycles. The summed E-state index contributed by atoms with van der Waals surface area (Å²) < 4.78 is 5.25. The van der Waals surface area contributed by atoms with Crippen molar-refractivity contribution in [1.82, 2.24) is 14.8 Å². The van der Waals surface area contributed by atoms with Gasteiger partial charge in [0.15, 0.2) is 0 Å². The van der Waals surface area contributed by atoms with E-state index in [0.717, 1.165) is 37.0 Å². The van der Waals surface area contributed by atoms with Gasteiger partial charge in [-0.3, -0.25) is 9.78 Å². The Morgan fingerprint density at radius 2 is 1.90 bits per heavy atom. The summed E-state index contributed by atoms with van der Waals surface area (Å²) in [6, 6.07) is 11.1. The Morgan fingerprint density at radius 3 is 2.59 bits per heavy atom. The van der Waals surface area contributed by atoms with Crippen molar-refractivity contribution in [2.24, 2.45) is 0 Å². The van der Waals surface area contributed by atoms with Crippen molar-refractivity contribution in [1.29, 1.82) is 0 Å². The normalized spacial score (nSPS) is 16.7. The van der Waals surface area contributed by atoms with Gasteiger partial charge in [-0.05, 0) is 42.7 Å². The number of carbonyl (C=O) groups is 2. The lowest BCUT2D eigenvalue weighted by atomic mass is 10.0. The highest BCUT2D eigenvalue weighted by Crippen LogP contribution is 2.31. The van der Waals surface area contributed by atoms with Crippen LogP contribution in [0.1, 0.15) is 47.8 Å². The predicted molar refractivity (Wildman–Crippen MR) is 112 cm³/mol. The number of nitrogens with zero attached hydrogens (tertiary/aromatic N) is 3. The quantitative estimate of drug-likeness (QED) is 0.849. The summed E-state index contributed by atoms with van der Waals surface area (Å²) in [5, 5.41) is 2.95. The van der Waals surface area contributed by atoms with Gasteiger partial charge in [-0.2, -0.15) is 0 Å².